The van der Waals surface area contributed by atoms with Gasteiger partial charge in [0.25, 0.3) is 10.0 Å². The van der Waals surface area contributed by atoms with Crippen molar-refractivity contribution in [2.45, 2.75) is 31.2 Å². The molecule has 0 saturated heterocycles. The summed E-state index contributed by atoms with van der Waals surface area (Å²) in [6.07, 6.45) is 4.73. The fourth-order valence-corrected chi connectivity index (χ4v) is 5.81. The maximum absolute atomic E-state index is 13.6. The van der Waals surface area contributed by atoms with E-state index in [0.717, 1.165) is 32.3 Å². The monoisotopic (exact) mass is 444 g/mol. The van der Waals surface area contributed by atoms with Crippen LogP contribution < -0.4 is 4.31 Å². The number of fused-ring (bicyclic) bond motifs is 3. The van der Waals surface area contributed by atoms with Crippen molar-refractivity contribution in [2.75, 3.05) is 4.31 Å². The summed E-state index contributed by atoms with van der Waals surface area (Å²) in [5, 5.41) is 1.07. The Labute approximate surface area is 168 Å². The zero-order chi connectivity index (χ0) is 19.3. The van der Waals surface area contributed by atoms with Gasteiger partial charge in [0.05, 0.1) is 10.9 Å². The average Bonchev–Trinajstić information content (AvgIpc) is 2.77. The molecule has 0 radical (unpaired) electrons. The fourth-order valence-electron chi connectivity index (χ4n) is 3.77. The van der Waals surface area contributed by atoms with Gasteiger partial charge in [-0.1, -0.05) is 45.8 Å². The molecular weight excluding hydrogens is 424 g/mol. The normalized spacial score (nSPS) is 17.2. The van der Waals surface area contributed by atoms with Crippen LogP contribution in [0.25, 0.3) is 10.9 Å². The second kappa shape index (κ2) is 6.53. The smallest absolute Gasteiger partial charge is 0.265 e. The molecule has 4 rings (SSSR count). The van der Waals surface area contributed by atoms with Gasteiger partial charge in [0.2, 0.25) is 0 Å². The quantitative estimate of drug-likeness (QED) is 0.524. The lowest BCUT2D eigenvalue weighted by molar-refractivity contribution is 0.586. The number of hydrogen-bond donors (Lipinski definition) is 0. The van der Waals surface area contributed by atoms with Gasteiger partial charge in [0, 0.05) is 28.0 Å². The third-order valence-electron chi connectivity index (χ3n) is 5.13. The lowest BCUT2D eigenvalue weighted by atomic mass is 10.1. The fraction of sp³-hybridized carbons (Fsp3) is 0.238. The molecule has 0 N–H and O–H groups in total. The van der Waals surface area contributed by atoms with Crippen LogP contribution in [-0.4, -0.2) is 19.0 Å². The molecule has 0 fully saturated rings. The summed E-state index contributed by atoms with van der Waals surface area (Å²) in [5.74, 6) is 0.737. The van der Waals surface area contributed by atoms with E-state index in [1.807, 2.05) is 55.8 Å². The summed E-state index contributed by atoms with van der Waals surface area (Å²) < 4.78 is 31.7. The maximum atomic E-state index is 13.6. The highest BCUT2D eigenvalue weighted by molar-refractivity contribution is 9.10. The topological polar surface area (TPSA) is 42.3 Å². The first kappa shape index (κ1) is 18.3. The highest BCUT2D eigenvalue weighted by atomic mass is 79.9. The average molecular weight is 445 g/mol. The van der Waals surface area contributed by atoms with Crippen LogP contribution in [0, 0.1) is 6.92 Å². The number of rotatable bonds is 2. The zero-order valence-corrected chi connectivity index (χ0v) is 17.9. The maximum Gasteiger partial charge on any atom is 0.265 e. The van der Waals surface area contributed by atoms with E-state index < -0.39 is 10.0 Å². The molecule has 0 amide bonds. The van der Waals surface area contributed by atoms with Crippen LogP contribution in [-0.2, 0) is 23.5 Å². The van der Waals surface area contributed by atoms with Gasteiger partial charge < -0.3 is 4.57 Å². The van der Waals surface area contributed by atoms with Gasteiger partial charge in [0.15, 0.2) is 0 Å². The van der Waals surface area contributed by atoms with Crippen LogP contribution in [0.15, 0.2) is 64.0 Å². The Kier molecular flexibility index (Phi) is 4.43. The number of benzene rings is 2. The molecule has 0 bridgehead atoms. The minimum Gasteiger partial charge on any atom is -0.329 e. The van der Waals surface area contributed by atoms with Crippen molar-refractivity contribution in [1.29, 1.82) is 0 Å². The summed E-state index contributed by atoms with van der Waals surface area (Å²) >= 11 is 3.54. The number of aromatic nitrogens is 1. The summed E-state index contributed by atoms with van der Waals surface area (Å²) in [5.41, 5.74) is 3.09. The Morgan fingerprint density at radius 1 is 1.11 bits per heavy atom. The molecule has 2 aromatic carbocycles. The van der Waals surface area contributed by atoms with Gasteiger partial charge in [-0.15, -0.1) is 0 Å². The summed E-state index contributed by atoms with van der Waals surface area (Å²) in [6, 6.07) is 12.8. The first-order valence-electron chi connectivity index (χ1n) is 8.85. The van der Waals surface area contributed by atoms with E-state index in [9.17, 15) is 8.42 Å². The largest absolute Gasteiger partial charge is 0.329 e. The molecule has 140 valence electrons. The van der Waals surface area contributed by atoms with Gasteiger partial charge in [-0.2, -0.15) is 0 Å². The number of nitrogens with zero attached hydrogens (tertiary/aromatic N) is 2. The van der Waals surface area contributed by atoms with E-state index >= 15 is 0 Å². The Balaban J connectivity index is 2.01. The van der Waals surface area contributed by atoms with E-state index in [2.05, 4.69) is 28.1 Å². The van der Waals surface area contributed by atoms with Crippen LogP contribution in [0.1, 0.15) is 18.1 Å². The van der Waals surface area contributed by atoms with Crippen LogP contribution in [0.3, 0.4) is 0 Å². The molecule has 1 aliphatic heterocycles. The van der Waals surface area contributed by atoms with Crippen molar-refractivity contribution < 1.29 is 8.42 Å². The Morgan fingerprint density at radius 2 is 1.81 bits per heavy atom. The van der Waals surface area contributed by atoms with Crippen molar-refractivity contribution in [2.24, 2.45) is 7.05 Å². The van der Waals surface area contributed by atoms with Crippen molar-refractivity contribution in [3.63, 3.8) is 0 Å². The second-order valence-corrected chi connectivity index (χ2v) is 9.74. The molecule has 4 nitrogen and oxygen atoms in total. The van der Waals surface area contributed by atoms with Crippen molar-refractivity contribution in [3.05, 3.63) is 70.2 Å². The van der Waals surface area contributed by atoms with Gasteiger partial charge in [-0.25, -0.2) is 12.7 Å². The number of allylic oxidation sites excluding steroid dienone is 1. The number of halogens is 1. The molecule has 1 aromatic heterocycles. The number of sulfonamides is 1. The predicted molar refractivity (Wildman–Crippen MR) is 114 cm³/mol. The molecule has 0 saturated carbocycles. The predicted octanol–water partition coefficient (Wildman–Crippen LogP) is 4.95. The minimum absolute atomic E-state index is 0.274. The van der Waals surface area contributed by atoms with Gasteiger partial charge >= 0.3 is 0 Å². The number of aryl methyl sites for hydroxylation is 2. The Bertz CT molecular complexity index is 1160. The van der Waals surface area contributed by atoms with E-state index in [-0.39, 0.29) is 6.04 Å². The third kappa shape index (κ3) is 2.91. The number of anilines is 1. The van der Waals surface area contributed by atoms with Gasteiger partial charge in [0.1, 0.15) is 5.82 Å². The molecule has 3 aromatic rings. The lowest BCUT2D eigenvalue weighted by Crippen LogP contribution is -2.38. The first-order valence-corrected chi connectivity index (χ1v) is 11.1. The highest BCUT2D eigenvalue weighted by Gasteiger charge is 2.34. The summed E-state index contributed by atoms with van der Waals surface area (Å²) in [6.45, 7) is 3.87. The first-order chi connectivity index (χ1) is 12.8. The Hall–Kier alpha value is -2.05. The molecule has 1 atom stereocenters. The highest BCUT2D eigenvalue weighted by Crippen LogP contribution is 2.39. The van der Waals surface area contributed by atoms with E-state index in [1.165, 1.54) is 0 Å². The van der Waals surface area contributed by atoms with Gasteiger partial charge in [-0.05, 0) is 50.6 Å². The molecule has 0 aliphatic carbocycles. The van der Waals surface area contributed by atoms with Crippen LogP contribution in [0.5, 0.6) is 0 Å². The molecule has 1 aliphatic rings. The van der Waals surface area contributed by atoms with Crippen LogP contribution in [0.4, 0.5) is 5.82 Å². The SMILES string of the molecule is Cc1ccc(S(=O)(=O)N2c3c(c4cc(Br)ccc4n3C)CC=CC2C)cc1. The summed E-state index contributed by atoms with van der Waals surface area (Å²) in [7, 11) is -1.76. The molecule has 6 heteroatoms. The van der Waals surface area contributed by atoms with E-state index in [1.54, 1.807) is 16.4 Å². The van der Waals surface area contributed by atoms with E-state index in [4.69, 9.17) is 0 Å². The molecule has 0 spiro atoms. The minimum atomic E-state index is -3.70. The van der Waals surface area contributed by atoms with Crippen molar-refractivity contribution >= 4 is 42.7 Å². The second-order valence-electron chi connectivity index (χ2n) is 7.01. The standard InChI is InChI=1S/C21H21BrN2O2S/c1-14-7-10-17(11-8-14)27(25,26)24-15(2)5-4-6-18-19-13-16(22)9-12-20(19)23(3)21(18)24/h4-5,7-13,15H,6H2,1-3H3. The Morgan fingerprint density at radius 3 is 2.52 bits per heavy atom. The number of hydrogen-bond acceptors (Lipinski definition) is 2. The van der Waals surface area contributed by atoms with E-state index in [0.29, 0.717) is 11.3 Å². The zero-order valence-electron chi connectivity index (χ0n) is 15.5. The summed E-state index contributed by atoms with van der Waals surface area (Å²) in [4.78, 5) is 0.313. The van der Waals surface area contributed by atoms with Crippen LogP contribution in [0.2, 0.25) is 0 Å². The van der Waals surface area contributed by atoms with Gasteiger partial charge in [-0.3, -0.25) is 0 Å². The van der Waals surface area contributed by atoms with Crippen LogP contribution >= 0.6 is 15.9 Å². The molecule has 27 heavy (non-hydrogen) atoms. The molecule has 2 heterocycles. The molecule has 1 unspecified atom stereocenters. The van der Waals surface area contributed by atoms with Crippen molar-refractivity contribution in [3.8, 4) is 0 Å². The lowest BCUT2D eigenvalue weighted by Gasteiger charge is -2.29. The van der Waals surface area contributed by atoms with Crippen molar-refractivity contribution in [1.82, 2.24) is 4.57 Å². The third-order valence-corrected chi connectivity index (χ3v) is 7.51. The molecular formula is C21H21BrN2O2S.